The second-order valence-corrected chi connectivity index (χ2v) is 6.15. The van der Waals surface area contributed by atoms with Gasteiger partial charge < -0.3 is 5.11 Å². The van der Waals surface area contributed by atoms with Crippen LogP contribution in [-0.2, 0) is 11.8 Å². The largest absolute Gasteiger partial charge is 0.396 e. The van der Waals surface area contributed by atoms with Gasteiger partial charge in [0.05, 0.1) is 0 Å². The van der Waals surface area contributed by atoms with E-state index in [-0.39, 0.29) is 17.8 Å². The Balaban J connectivity index is 2.12. The fourth-order valence-electron chi connectivity index (χ4n) is 3.55. The van der Waals surface area contributed by atoms with Crippen molar-refractivity contribution in [1.29, 1.82) is 0 Å². The lowest BCUT2D eigenvalue weighted by molar-refractivity contribution is 0.268. The summed E-state index contributed by atoms with van der Waals surface area (Å²) >= 11 is 6.19. The summed E-state index contributed by atoms with van der Waals surface area (Å²) in [4.78, 5) is 0. The third-order valence-corrected chi connectivity index (χ3v) is 4.80. The van der Waals surface area contributed by atoms with Crippen LogP contribution in [0.4, 0.5) is 4.39 Å². The minimum atomic E-state index is -0.222. The molecule has 2 aromatic rings. The maximum atomic E-state index is 13.2. The summed E-state index contributed by atoms with van der Waals surface area (Å²) in [7, 11) is 0. The zero-order valence-electron chi connectivity index (χ0n) is 11.8. The van der Waals surface area contributed by atoms with Gasteiger partial charge in [0.1, 0.15) is 5.82 Å². The highest BCUT2D eigenvalue weighted by Crippen LogP contribution is 2.48. The van der Waals surface area contributed by atoms with Crippen LogP contribution >= 0.6 is 11.6 Å². The minimum Gasteiger partial charge on any atom is -0.396 e. The van der Waals surface area contributed by atoms with E-state index in [1.54, 1.807) is 0 Å². The normalized spacial score (nSPS) is 20.5. The van der Waals surface area contributed by atoms with Crippen molar-refractivity contribution < 1.29 is 9.50 Å². The molecule has 0 heterocycles. The number of hydrogen-bond acceptors (Lipinski definition) is 1. The van der Waals surface area contributed by atoms with Gasteiger partial charge in [-0.2, -0.15) is 0 Å². The maximum Gasteiger partial charge on any atom is 0.123 e. The molecule has 0 bridgehead atoms. The van der Waals surface area contributed by atoms with Crippen LogP contribution in [0.3, 0.4) is 0 Å². The molecule has 0 spiro atoms. The predicted molar refractivity (Wildman–Crippen MR) is 83.3 cm³/mol. The molecule has 0 radical (unpaired) electrons. The molecule has 3 rings (SSSR count). The number of aliphatic hydroxyl groups is 1. The van der Waals surface area contributed by atoms with E-state index in [2.05, 4.69) is 6.07 Å². The van der Waals surface area contributed by atoms with E-state index < -0.39 is 0 Å². The van der Waals surface area contributed by atoms with Gasteiger partial charge in [-0.3, -0.25) is 0 Å². The second kappa shape index (κ2) is 5.78. The van der Waals surface area contributed by atoms with E-state index in [1.165, 1.54) is 23.3 Å². The Morgan fingerprint density at radius 2 is 1.90 bits per heavy atom. The van der Waals surface area contributed by atoms with Gasteiger partial charge in [-0.25, -0.2) is 4.39 Å². The van der Waals surface area contributed by atoms with E-state index in [1.807, 2.05) is 24.3 Å². The van der Waals surface area contributed by atoms with Gasteiger partial charge in [0.25, 0.3) is 0 Å². The smallest absolute Gasteiger partial charge is 0.123 e. The minimum absolute atomic E-state index is 0.156. The molecule has 0 aromatic heterocycles. The van der Waals surface area contributed by atoms with Crippen LogP contribution in [0.25, 0.3) is 0 Å². The summed E-state index contributed by atoms with van der Waals surface area (Å²) in [6.07, 6.45) is 3.55. The van der Waals surface area contributed by atoms with Crippen molar-refractivity contribution in [2.75, 3.05) is 6.61 Å². The zero-order valence-corrected chi connectivity index (χ0v) is 12.5. The van der Waals surface area contributed by atoms with Crippen molar-refractivity contribution in [3.8, 4) is 0 Å². The van der Waals surface area contributed by atoms with E-state index in [9.17, 15) is 9.50 Å². The topological polar surface area (TPSA) is 20.2 Å². The number of halogens is 2. The standard InChI is InChI=1S/C18H18ClFO/c19-15-5-2-13-8-10-18(9-1-11-21,17(13)12-15)14-3-6-16(20)7-4-14/h2-7,12,21H,1,8-11H2. The second-order valence-electron chi connectivity index (χ2n) is 5.72. The molecule has 1 aliphatic carbocycles. The Morgan fingerprint density at radius 1 is 1.14 bits per heavy atom. The Hall–Kier alpha value is -1.38. The molecule has 0 amide bonds. The van der Waals surface area contributed by atoms with Gasteiger partial charge >= 0.3 is 0 Å². The lowest BCUT2D eigenvalue weighted by atomic mass is 9.72. The molecule has 1 nitrogen and oxygen atoms in total. The van der Waals surface area contributed by atoms with Crippen LogP contribution in [0.5, 0.6) is 0 Å². The first-order chi connectivity index (χ1) is 10.2. The molecule has 3 heteroatoms. The van der Waals surface area contributed by atoms with E-state index >= 15 is 0 Å². The van der Waals surface area contributed by atoms with E-state index in [0.717, 1.165) is 36.3 Å². The van der Waals surface area contributed by atoms with Crippen molar-refractivity contribution >= 4 is 11.6 Å². The fourth-order valence-corrected chi connectivity index (χ4v) is 3.72. The number of aliphatic hydroxyl groups excluding tert-OH is 1. The molecule has 1 atom stereocenters. The number of fused-ring (bicyclic) bond motifs is 1. The first kappa shape index (κ1) is 14.6. The van der Waals surface area contributed by atoms with E-state index in [4.69, 9.17) is 11.6 Å². The predicted octanol–water partition coefficient (Wildman–Crippen LogP) is 4.48. The van der Waals surface area contributed by atoms with E-state index in [0.29, 0.717) is 0 Å². The highest BCUT2D eigenvalue weighted by molar-refractivity contribution is 6.30. The molecular weight excluding hydrogens is 287 g/mol. The van der Waals surface area contributed by atoms with Crippen LogP contribution in [-0.4, -0.2) is 11.7 Å². The van der Waals surface area contributed by atoms with Crippen LogP contribution in [0.1, 0.15) is 36.0 Å². The Morgan fingerprint density at radius 3 is 2.62 bits per heavy atom. The van der Waals surface area contributed by atoms with Crippen LogP contribution in [0.2, 0.25) is 5.02 Å². The molecule has 1 aliphatic rings. The lowest BCUT2D eigenvalue weighted by Gasteiger charge is -2.31. The average molecular weight is 305 g/mol. The van der Waals surface area contributed by atoms with Crippen molar-refractivity contribution in [2.45, 2.75) is 31.1 Å². The molecule has 0 saturated heterocycles. The van der Waals surface area contributed by atoms with Gasteiger partial charge in [0.2, 0.25) is 0 Å². The third-order valence-electron chi connectivity index (χ3n) is 4.57. The monoisotopic (exact) mass is 304 g/mol. The first-order valence-corrected chi connectivity index (χ1v) is 7.69. The SMILES string of the molecule is OCCCC1(c2ccc(F)cc2)CCc2ccc(Cl)cc21. The zero-order chi connectivity index (χ0) is 14.9. The molecule has 2 aromatic carbocycles. The number of rotatable bonds is 4. The van der Waals surface area contributed by atoms with Gasteiger partial charge in [-0.05, 0) is 66.6 Å². The van der Waals surface area contributed by atoms with Crippen LogP contribution < -0.4 is 0 Å². The summed E-state index contributed by atoms with van der Waals surface area (Å²) in [6, 6.07) is 12.8. The molecule has 21 heavy (non-hydrogen) atoms. The van der Waals surface area contributed by atoms with Gasteiger partial charge in [-0.15, -0.1) is 0 Å². The fraction of sp³-hybridized carbons (Fsp3) is 0.333. The van der Waals surface area contributed by atoms with Crippen LogP contribution in [0.15, 0.2) is 42.5 Å². The number of hydrogen-bond donors (Lipinski definition) is 1. The van der Waals surface area contributed by atoms with Gasteiger partial charge in [0.15, 0.2) is 0 Å². The van der Waals surface area contributed by atoms with Crippen molar-refractivity contribution in [2.24, 2.45) is 0 Å². The van der Waals surface area contributed by atoms with Crippen molar-refractivity contribution in [3.63, 3.8) is 0 Å². The molecule has 1 N–H and O–H groups in total. The first-order valence-electron chi connectivity index (χ1n) is 7.31. The Labute approximate surface area is 129 Å². The van der Waals surface area contributed by atoms with Crippen LogP contribution in [0, 0.1) is 5.82 Å². The molecule has 0 aliphatic heterocycles. The van der Waals surface area contributed by atoms with Crippen molar-refractivity contribution in [1.82, 2.24) is 0 Å². The summed E-state index contributed by atoms with van der Waals surface area (Å²) in [5.74, 6) is -0.222. The molecule has 110 valence electrons. The lowest BCUT2D eigenvalue weighted by Crippen LogP contribution is -2.25. The number of aryl methyl sites for hydroxylation is 1. The van der Waals surface area contributed by atoms with Gasteiger partial charge in [-0.1, -0.05) is 29.8 Å². The molecule has 0 saturated carbocycles. The molecular formula is C18H18ClFO. The molecule has 0 fully saturated rings. The quantitative estimate of drug-likeness (QED) is 0.882. The highest BCUT2D eigenvalue weighted by Gasteiger charge is 2.39. The average Bonchev–Trinajstić information content (AvgIpc) is 2.85. The summed E-state index contributed by atoms with van der Waals surface area (Å²) < 4.78 is 13.2. The highest BCUT2D eigenvalue weighted by atomic mass is 35.5. The third kappa shape index (κ3) is 2.58. The summed E-state index contributed by atoms with van der Waals surface area (Å²) in [5.41, 5.74) is 3.49. The Kier molecular flexibility index (Phi) is 4.01. The molecule has 1 unspecified atom stereocenters. The summed E-state index contributed by atoms with van der Waals surface area (Å²) in [5, 5.41) is 9.98. The van der Waals surface area contributed by atoms with Gasteiger partial charge in [0, 0.05) is 17.0 Å². The Bertz CT molecular complexity index is 638. The number of benzene rings is 2. The summed E-state index contributed by atoms with van der Waals surface area (Å²) in [6.45, 7) is 0.166. The van der Waals surface area contributed by atoms with Crippen molar-refractivity contribution in [3.05, 3.63) is 70.0 Å². The maximum absolute atomic E-state index is 13.2.